The molecular weight excluding hydrogens is 469 g/mol. The third kappa shape index (κ3) is 7.61. The molecule has 9 nitrogen and oxygen atoms in total. The van der Waals surface area contributed by atoms with E-state index in [9.17, 15) is 22.8 Å². The number of hydrogen-bond acceptors (Lipinski definition) is 7. The molecule has 1 aromatic rings. The van der Waals surface area contributed by atoms with Gasteiger partial charge in [0.05, 0.1) is 43.9 Å². The average molecular weight is 503 g/mol. The molecule has 2 aliphatic rings. The number of carbonyl (C=O) groups excluding carboxylic acids is 2. The fraction of sp³-hybridized carbons (Fsp3) is 0.696. The van der Waals surface area contributed by atoms with E-state index >= 15 is 0 Å². The van der Waals surface area contributed by atoms with Crippen LogP contribution in [0, 0.1) is 0 Å². The summed E-state index contributed by atoms with van der Waals surface area (Å²) >= 11 is 0. The number of pyridine rings is 1. The van der Waals surface area contributed by atoms with E-state index in [1.165, 1.54) is 0 Å². The second kappa shape index (κ2) is 10.9. The lowest BCUT2D eigenvalue weighted by atomic mass is 10.1. The molecule has 0 bridgehead atoms. The summed E-state index contributed by atoms with van der Waals surface area (Å²) in [7, 11) is 0. The molecule has 1 aromatic heterocycles. The summed E-state index contributed by atoms with van der Waals surface area (Å²) < 4.78 is 55.4. The number of aromatic nitrogens is 1. The number of alkyl halides is 3. The van der Waals surface area contributed by atoms with Crippen LogP contribution in [0.2, 0.25) is 0 Å². The number of carbonyl (C=O) groups is 2. The average Bonchev–Trinajstić information content (AvgIpc) is 2.92. The number of ether oxygens (including phenoxy) is 3. The van der Waals surface area contributed by atoms with Crippen LogP contribution in [0.3, 0.4) is 0 Å². The second-order valence-corrected chi connectivity index (χ2v) is 9.74. The fourth-order valence-electron chi connectivity index (χ4n) is 3.96. The van der Waals surface area contributed by atoms with Crippen LogP contribution < -0.4 is 15.0 Å². The summed E-state index contributed by atoms with van der Waals surface area (Å²) in [6.07, 6.45) is -3.45. The molecule has 196 valence electrons. The molecule has 12 heteroatoms. The molecule has 3 rings (SSSR count). The summed E-state index contributed by atoms with van der Waals surface area (Å²) in [5, 5.41) is 2.68. The van der Waals surface area contributed by atoms with Crippen molar-refractivity contribution in [1.29, 1.82) is 0 Å². The highest BCUT2D eigenvalue weighted by Crippen LogP contribution is 2.38. The van der Waals surface area contributed by atoms with Crippen LogP contribution in [-0.4, -0.2) is 79.0 Å². The monoisotopic (exact) mass is 502 g/mol. The number of amides is 2. The van der Waals surface area contributed by atoms with Crippen molar-refractivity contribution in [3.63, 3.8) is 0 Å². The molecule has 0 spiro atoms. The number of fused-ring (bicyclic) bond motifs is 3. The number of alkyl carbamates (subject to hydrolysis) is 1. The Morgan fingerprint density at radius 2 is 2.03 bits per heavy atom. The van der Waals surface area contributed by atoms with Gasteiger partial charge in [-0.05, 0) is 33.8 Å². The van der Waals surface area contributed by atoms with Crippen molar-refractivity contribution in [3.05, 3.63) is 17.8 Å². The van der Waals surface area contributed by atoms with Crippen LogP contribution in [0.1, 0.15) is 46.1 Å². The molecule has 1 unspecified atom stereocenters. The van der Waals surface area contributed by atoms with Gasteiger partial charge >= 0.3 is 12.3 Å². The zero-order valence-corrected chi connectivity index (χ0v) is 20.5. The first-order valence-corrected chi connectivity index (χ1v) is 11.6. The van der Waals surface area contributed by atoms with E-state index in [4.69, 9.17) is 14.2 Å². The van der Waals surface area contributed by atoms with Gasteiger partial charge in [0.1, 0.15) is 5.60 Å². The largest absolute Gasteiger partial charge is 0.490 e. The Hall–Kier alpha value is -2.76. The minimum absolute atomic E-state index is 0.0665. The first kappa shape index (κ1) is 26.8. The van der Waals surface area contributed by atoms with Gasteiger partial charge in [-0.3, -0.25) is 4.79 Å². The van der Waals surface area contributed by atoms with E-state index in [1.54, 1.807) is 32.6 Å². The maximum Gasteiger partial charge on any atom is 0.418 e. The molecule has 3 heterocycles. The van der Waals surface area contributed by atoms with Crippen molar-refractivity contribution >= 4 is 17.8 Å². The van der Waals surface area contributed by atoms with Gasteiger partial charge in [0.15, 0.2) is 11.6 Å². The summed E-state index contributed by atoms with van der Waals surface area (Å²) in [6, 6.07) is 0.607. The van der Waals surface area contributed by atoms with Gasteiger partial charge in [-0.2, -0.15) is 13.2 Å². The lowest BCUT2D eigenvalue weighted by molar-refractivity contribution is -0.138. The molecule has 2 amide bonds. The van der Waals surface area contributed by atoms with E-state index in [2.05, 4.69) is 10.3 Å². The Morgan fingerprint density at radius 3 is 2.71 bits per heavy atom. The minimum Gasteiger partial charge on any atom is -0.490 e. The van der Waals surface area contributed by atoms with E-state index in [-0.39, 0.29) is 50.0 Å². The zero-order valence-electron chi connectivity index (χ0n) is 20.5. The molecule has 1 saturated heterocycles. The number of piperazine rings is 1. The Balaban J connectivity index is 1.46. The first-order valence-electron chi connectivity index (χ1n) is 11.6. The van der Waals surface area contributed by atoms with Gasteiger partial charge in [0, 0.05) is 32.3 Å². The maximum absolute atomic E-state index is 13.0. The van der Waals surface area contributed by atoms with Crippen molar-refractivity contribution in [2.24, 2.45) is 0 Å². The Bertz CT molecular complexity index is 906. The molecule has 0 aromatic carbocycles. The van der Waals surface area contributed by atoms with Gasteiger partial charge in [-0.25, -0.2) is 9.78 Å². The van der Waals surface area contributed by atoms with Crippen molar-refractivity contribution in [1.82, 2.24) is 15.2 Å². The number of hydrogen-bond donors (Lipinski definition) is 1. The number of nitrogens with one attached hydrogen (secondary N) is 1. The quantitative estimate of drug-likeness (QED) is 0.597. The summed E-state index contributed by atoms with van der Waals surface area (Å²) in [6.45, 7) is 9.10. The molecule has 0 aliphatic carbocycles. The van der Waals surface area contributed by atoms with Crippen molar-refractivity contribution < 1.29 is 37.0 Å². The number of nitrogens with zero attached hydrogens (tertiary/aromatic N) is 3. The predicted molar refractivity (Wildman–Crippen MR) is 121 cm³/mol. The second-order valence-electron chi connectivity index (χ2n) is 9.74. The van der Waals surface area contributed by atoms with Crippen LogP contribution in [0.4, 0.5) is 23.8 Å². The lowest BCUT2D eigenvalue weighted by Gasteiger charge is -2.41. The topological polar surface area (TPSA) is 93.2 Å². The molecule has 1 N–H and O–H groups in total. The van der Waals surface area contributed by atoms with E-state index in [1.807, 2.05) is 4.90 Å². The summed E-state index contributed by atoms with van der Waals surface area (Å²) in [5.74, 6) is 0.426. The SMILES string of the molecule is C[C@@H](COCCC(=O)N1CCN2c3ncc(C(F)(F)F)cc3OCCC2C1)NC(=O)OC(C)(C)C. The van der Waals surface area contributed by atoms with Crippen LogP contribution in [-0.2, 0) is 20.4 Å². The highest BCUT2D eigenvalue weighted by Gasteiger charge is 2.36. The van der Waals surface area contributed by atoms with Gasteiger partial charge in [-0.15, -0.1) is 0 Å². The Morgan fingerprint density at radius 1 is 1.29 bits per heavy atom. The Kier molecular flexibility index (Phi) is 8.34. The zero-order chi connectivity index (χ0) is 25.8. The van der Waals surface area contributed by atoms with Crippen LogP contribution >= 0.6 is 0 Å². The van der Waals surface area contributed by atoms with Gasteiger partial charge in [-0.1, -0.05) is 0 Å². The van der Waals surface area contributed by atoms with Crippen molar-refractivity contribution in [3.8, 4) is 5.75 Å². The number of anilines is 1. The predicted octanol–water partition coefficient (Wildman–Crippen LogP) is 3.22. The molecule has 2 aliphatic heterocycles. The van der Waals surface area contributed by atoms with E-state index in [0.717, 1.165) is 12.3 Å². The molecule has 0 radical (unpaired) electrons. The molecular formula is C23H33F3N4O5. The maximum atomic E-state index is 13.0. The molecule has 0 saturated carbocycles. The molecule has 35 heavy (non-hydrogen) atoms. The molecule has 2 atom stereocenters. The van der Waals surface area contributed by atoms with Crippen LogP contribution in [0.5, 0.6) is 5.75 Å². The van der Waals surface area contributed by atoms with Gasteiger partial charge in [0.25, 0.3) is 0 Å². The smallest absolute Gasteiger partial charge is 0.418 e. The van der Waals surface area contributed by atoms with Gasteiger partial charge in [0.2, 0.25) is 5.91 Å². The van der Waals surface area contributed by atoms with Gasteiger partial charge < -0.3 is 29.3 Å². The number of halogens is 3. The third-order valence-corrected chi connectivity index (χ3v) is 5.57. The number of rotatable bonds is 6. The first-order chi connectivity index (χ1) is 16.3. The fourth-order valence-corrected chi connectivity index (χ4v) is 3.96. The minimum atomic E-state index is -4.49. The van der Waals surface area contributed by atoms with Crippen molar-refractivity contribution in [2.75, 3.05) is 44.4 Å². The third-order valence-electron chi connectivity index (χ3n) is 5.57. The summed E-state index contributed by atoms with van der Waals surface area (Å²) in [4.78, 5) is 32.2. The van der Waals surface area contributed by atoms with E-state index in [0.29, 0.717) is 31.9 Å². The van der Waals surface area contributed by atoms with Crippen LogP contribution in [0.15, 0.2) is 12.3 Å². The lowest BCUT2D eigenvalue weighted by Crippen LogP contribution is -2.55. The van der Waals surface area contributed by atoms with E-state index < -0.39 is 23.4 Å². The van der Waals surface area contributed by atoms with Crippen LogP contribution in [0.25, 0.3) is 0 Å². The standard InChI is InChI=1S/C23H33F3N4O5/c1-15(28-21(32)35-22(2,3)4)14-33-9-6-19(31)29-7-8-30-17(13-29)5-10-34-18-11-16(23(24,25)26)12-27-20(18)30/h11-12,15,17H,5-10,13-14H2,1-4H3,(H,28,32)/t15-,17?/m0/s1. The highest BCUT2D eigenvalue weighted by atomic mass is 19.4. The van der Waals surface area contributed by atoms with Crippen molar-refractivity contribution in [2.45, 2.75) is 64.4 Å². The normalized spacial score (nSPS) is 19.1. The Labute approximate surface area is 202 Å². The highest BCUT2D eigenvalue weighted by molar-refractivity contribution is 5.76. The molecule has 1 fully saturated rings. The summed E-state index contributed by atoms with van der Waals surface area (Å²) in [5.41, 5.74) is -1.44.